The molecule has 10 nitrogen and oxygen atoms in total. The van der Waals surface area contributed by atoms with Crippen LogP contribution in [0.15, 0.2) is 41.7 Å². The van der Waals surface area contributed by atoms with E-state index in [4.69, 9.17) is 0 Å². The molecule has 2 aromatic heterocycles. The molecule has 0 radical (unpaired) electrons. The van der Waals surface area contributed by atoms with Crippen molar-refractivity contribution in [2.75, 3.05) is 24.5 Å². The van der Waals surface area contributed by atoms with Gasteiger partial charge in [0.2, 0.25) is 10.0 Å². The van der Waals surface area contributed by atoms with E-state index in [0.29, 0.717) is 15.5 Å². The maximum atomic E-state index is 13.0. The van der Waals surface area contributed by atoms with E-state index in [0.717, 1.165) is 28.6 Å². The SMILES string of the molecule is O=C(O)[C@H]1CN(c2nc3cncnc3s2)CCN1S(=O)(=O)c1ccc(OC(F)(F)F)cc1. The van der Waals surface area contributed by atoms with Gasteiger partial charge < -0.3 is 14.7 Å². The molecule has 3 aromatic rings. The first-order chi connectivity index (χ1) is 15.0. The Bertz CT molecular complexity index is 1220. The van der Waals surface area contributed by atoms with Gasteiger partial charge in [0.1, 0.15) is 28.5 Å². The van der Waals surface area contributed by atoms with Gasteiger partial charge in [0.15, 0.2) is 5.13 Å². The van der Waals surface area contributed by atoms with Gasteiger partial charge in [-0.3, -0.25) is 4.79 Å². The van der Waals surface area contributed by atoms with Gasteiger partial charge >= 0.3 is 12.3 Å². The summed E-state index contributed by atoms with van der Waals surface area (Å²) in [5.74, 6) is -1.95. The lowest BCUT2D eigenvalue weighted by Gasteiger charge is -2.38. The van der Waals surface area contributed by atoms with Gasteiger partial charge in [-0.1, -0.05) is 11.3 Å². The molecule has 1 atom stereocenters. The molecular weight excluding hydrogens is 475 g/mol. The van der Waals surface area contributed by atoms with Crippen LogP contribution in [-0.2, 0) is 14.8 Å². The molecule has 0 amide bonds. The number of hydrogen-bond donors (Lipinski definition) is 1. The molecule has 0 unspecified atom stereocenters. The van der Waals surface area contributed by atoms with Crippen molar-refractivity contribution in [1.82, 2.24) is 19.3 Å². The molecule has 1 saturated heterocycles. The van der Waals surface area contributed by atoms with Crippen molar-refractivity contribution in [2.45, 2.75) is 17.3 Å². The fourth-order valence-electron chi connectivity index (χ4n) is 3.19. The third kappa shape index (κ3) is 4.44. The summed E-state index contributed by atoms with van der Waals surface area (Å²) in [5.41, 5.74) is 0.538. The summed E-state index contributed by atoms with van der Waals surface area (Å²) in [4.78, 5) is 26.1. The maximum Gasteiger partial charge on any atom is 0.573 e. The topological polar surface area (TPSA) is 126 Å². The molecule has 3 heterocycles. The van der Waals surface area contributed by atoms with E-state index in [1.165, 1.54) is 23.9 Å². The number of ether oxygens (including phenoxy) is 1. The van der Waals surface area contributed by atoms with Crippen molar-refractivity contribution in [3.05, 3.63) is 36.8 Å². The summed E-state index contributed by atoms with van der Waals surface area (Å²) in [6.45, 7) is -0.176. The number of thiazole rings is 1. The largest absolute Gasteiger partial charge is 0.573 e. The summed E-state index contributed by atoms with van der Waals surface area (Å²) in [7, 11) is -4.30. The lowest BCUT2D eigenvalue weighted by atomic mass is 10.2. The second-order valence-electron chi connectivity index (χ2n) is 6.64. The third-order valence-electron chi connectivity index (χ3n) is 4.61. The first-order valence-electron chi connectivity index (χ1n) is 8.96. The number of carboxylic acid groups (broad SMARTS) is 1. The average Bonchev–Trinajstić information content (AvgIpc) is 3.17. The van der Waals surface area contributed by atoms with Crippen molar-refractivity contribution in [3.63, 3.8) is 0 Å². The lowest BCUT2D eigenvalue weighted by Crippen LogP contribution is -2.58. The van der Waals surface area contributed by atoms with Gasteiger partial charge in [-0.15, -0.1) is 13.2 Å². The number of rotatable bonds is 5. The summed E-state index contributed by atoms with van der Waals surface area (Å²) in [5, 5.41) is 10.2. The van der Waals surface area contributed by atoms with Crippen molar-refractivity contribution in [1.29, 1.82) is 0 Å². The van der Waals surface area contributed by atoms with Crippen molar-refractivity contribution >= 4 is 42.8 Å². The number of benzene rings is 1. The number of carboxylic acids is 1. The van der Waals surface area contributed by atoms with Crippen molar-refractivity contribution in [2.24, 2.45) is 0 Å². The van der Waals surface area contributed by atoms with Gasteiger partial charge in [0.05, 0.1) is 11.1 Å². The maximum absolute atomic E-state index is 13.0. The minimum Gasteiger partial charge on any atom is -0.480 e. The monoisotopic (exact) mass is 489 g/mol. The van der Waals surface area contributed by atoms with Crippen LogP contribution in [0.5, 0.6) is 5.75 Å². The molecule has 0 aliphatic carbocycles. The lowest BCUT2D eigenvalue weighted by molar-refractivity contribution is -0.274. The van der Waals surface area contributed by atoms with Crippen LogP contribution in [0.25, 0.3) is 10.3 Å². The minimum absolute atomic E-state index is 0.158. The van der Waals surface area contributed by atoms with Gasteiger partial charge in [0.25, 0.3) is 0 Å². The molecule has 1 aromatic carbocycles. The molecule has 1 N–H and O–H groups in total. The second kappa shape index (κ2) is 8.14. The van der Waals surface area contributed by atoms with Crippen LogP contribution >= 0.6 is 11.3 Å². The molecule has 0 bridgehead atoms. The Morgan fingerprint density at radius 2 is 1.94 bits per heavy atom. The number of piperazine rings is 1. The Hall–Kier alpha value is -3.04. The van der Waals surface area contributed by atoms with Gasteiger partial charge in [0, 0.05) is 19.6 Å². The second-order valence-corrected chi connectivity index (χ2v) is 9.49. The Morgan fingerprint density at radius 1 is 1.22 bits per heavy atom. The highest BCUT2D eigenvalue weighted by Crippen LogP contribution is 2.31. The van der Waals surface area contributed by atoms with Gasteiger partial charge in [-0.05, 0) is 24.3 Å². The number of aliphatic carboxylic acids is 1. The van der Waals surface area contributed by atoms with Crippen LogP contribution in [0.2, 0.25) is 0 Å². The standard InChI is InChI=1S/C17H14F3N5O5S2/c18-17(19,20)30-10-1-3-11(4-2-10)32(28,29)25-6-5-24(8-13(25)15(26)27)16-23-12-7-21-9-22-14(12)31-16/h1-4,7,9,13H,5-6,8H2,(H,26,27)/t13-/m1/s1. The number of alkyl halides is 3. The van der Waals surface area contributed by atoms with Crippen molar-refractivity contribution in [3.8, 4) is 5.75 Å². The summed E-state index contributed by atoms with van der Waals surface area (Å²) in [6, 6.07) is 2.16. The predicted octanol–water partition coefficient (Wildman–Crippen LogP) is 1.95. The first kappa shape index (κ1) is 22.2. The normalized spacial score (nSPS) is 18.1. The number of carbonyl (C=O) groups is 1. The summed E-state index contributed by atoms with van der Waals surface area (Å²) < 4.78 is 67.6. The van der Waals surface area contributed by atoms with E-state index >= 15 is 0 Å². The minimum atomic E-state index is -4.92. The Balaban J connectivity index is 1.57. The van der Waals surface area contributed by atoms with Crippen LogP contribution in [0.3, 0.4) is 0 Å². The van der Waals surface area contributed by atoms with Crippen LogP contribution in [0.4, 0.5) is 18.3 Å². The number of anilines is 1. The number of halogens is 3. The zero-order chi connectivity index (χ0) is 23.1. The van der Waals surface area contributed by atoms with E-state index < -0.39 is 34.1 Å². The summed E-state index contributed by atoms with van der Waals surface area (Å²) >= 11 is 1.23. The molecule has 1 aliphatic heterocycles. The van der Waals surface area contributed by atoms with E-state index in [1.807, 2.05) is 0 Å². The van der Waals surface area contributed by atoms with Crippen LogP contribution in [0.1, 0.15) is 0 Å². The van der Waals surface area contributed by atoms with E-state index in [1.54, 1.807) is 4.90 Å². The van der Waals surface area contributed by atoms with Crippen LogP contribution in [0, 0.1) is 0 Å². The zero-order valence-electron chi connectivity index (χ0n) is 15.9. The van der Waals surface area contributed by atoms with Crippen molar-refractivity contribution < 1.29 is 36.2 Å². The zero-order valence-corrected chi connectivity index (χ0v) is 17.6. The molecule has 0 saturated carbocycles. The first-order valence-corrected chi connectivity index (χ1v) is 11.2. The highest BCUT2D eigenvalue weighted by Gasteiger charge is 2.41. The molecular formula is C17H14F3N5O5S2. The number of hydrogen-bond acceptors (Lipinski definition) is 9. The van der Waals surface area contributed by atoms with E-state index in [-0.39, 0.29) is 24.5 Å². The molecule has 15 heteroatoms. The quantitative estimate of drug-likeness (QED) is 0.572. The molecule has 1 aliphatic rings. The number of fused-ring (bicyclic) bond motifs is 1. The van der Waals surface area contributed by atoms with Crippen LogP contribution in [-0.4, -0.2) is 70.8 Å². The van der Waals surface area contributed by atoms with Gasteiger partial charge in [-0.25, -0.2) is 23.4 Å². The number of aromatic nitrogens is 3. The molecule has 1 fully saturated rings. The highest BCUT2D eigenvalue weighted by molar-refractivity contribution is 7.89. The molecule has 170 valence electrons. The third-order valence-corrected chi connectivity index (χ3v) is 7.57. The molecule has 4 rings (SSSR count). The Morgan fingerprint density at radius 3 is 2.56 bits per heavy atom. The molecule has 0 spiro atoms. The van der Waals surface area contributed by atoms with E-state index in [9.17, 15) is 31.5 Å². The van der Waals surface area contributed by atoms with Gasteiger partial charge in [-0.2, -0.15) is 4.31 Å². The smallest absolute Gasteiger partial charge is 0.480 e. The fourth-order valence-corrected chi connectivity index (χ4v) is 5.67. The van der Waals surface area contributed by atoms with E-state index in [2.05, 4.69) is 19.7 Å². The van der Waals surface area contributed by atoms with Crippen LogP contribution < -0.4 is 9.64 Å². The Labute approximate surface area is 182 Å². The predicted molar refractivity (Wildman–Crippen MR) is 106 cm³/mol. The Kier molecular flexibility index (Phi) is 5.64. The molecule has 32 heavy (non-hydrogen) atoms. The highest BCUT2D eigenvalue weighted by atomic mass is 32.2. The number of sulfonamides is 1. The summed E-state index contributed by atoms with van der Waals surface area (Å²) in [6.07, 6.45) is -2.04. The fraction of sp³-hybridized carbons (Fsp3) is 0.294. The number of nitrogens with zero attached hydrogens (tertiary/aromatic N) is 5. The average molecular weight is 489 g/mol.